The largest absolute Gasteiger partial charge is 0.492 e. The van der Waals surface area contributed by atoms with Gasteiger partial charge in [0.2, 0.25) is 5.91 Å². The van der Waals surface area contributed by atoms with E-state index in [9.17, 15) is 4.79 Å². The topological polar surface area (TPSA) is 41.6 Å². The number of carbonyl (C=O) groups excluding carboxylic acids is 1. The molecule has 1 aromatic rings. The second-order valence-corrected chi connectivity index (χ2v) is 7.11. The molecule has 0 aromatic heterocycles. The highest BCUT2D eigenvalue weighted by molar-refractivity contribution is 6.30. The summed E-state index contributed by atoms with van der Waals surface area (Å²) in [6, 6.07) is 6.72. The van der Waals surface area contributed by atoms with E-state index < -0.39 is 0 Å². The monoisotopic (exact) mass is 356 g/mol. The Labute approximate surface area is 147 Å². The van der Waals surface area contributed by atoms with Gasteiger partial charge in [0.1, 0.15) is 12.4 Å². The van der Waals surface area contributed by atoms with Gasteiger partial charge in [-0.15, -0.1) is 12.4 Å². The summed E-state index contributed by atoms with van der Waals surface area (Å²) < 4.78 is 5.77. The number of hydrogen-bond donors (Lipinski definition) is 1. The SMILES string of the molecule is Cl.O=C(C1COc2ccc(Cl)cc2C1)N1CCC2CCC(C1)N2. The molecule has 23 heavy (non-hydrogen) atoms. The number of nitrogens with one attached hydrogen (secondary N) is 1. The van der Waals surface area contributed by atoms with E-state index in [1.807, 2.05) is 23.1 Å². The molecule has 3 heterocycles. The molecule has 3 aliphatic heterocycles. The molecule has 0 spiro atoms. The van der Waals surface area contributed by atoms with Crippen LogP contribution in [0.1, 0.15) is 24.8 Å². The predicted molar refractivity (Wildman–Crippen MR) is 92.5 cm³/mol. The molecule has 2 fully saturated rings. The number of fused-ring (bicyclic) bond motifs is 3. The lowest BCUT2D eigenvalue weighted by Gasteiger charge is -2.31. The molecule has 1 aromatic carbocycles. The minimum absolute atomic E-state index is 0. The van der Waals surface area contributed by atoms with Gasteiger partial charge >= 0.3 is 0 Å². The van der Waals surface area contributed by atoms with Crippen LogP contribution in [0, 0.1) is 5.92 Å². The van der Waals surface area contributed by atoms with Gasteiger partial charge in [-0.25, -0.2) is 0 Å². The Hall–Kier alpha value is -0.970. The Morgan fingerprint density at radius 2 is 2.09 bits per heavy atom. The van der Waals surface area contributed by atoms with Crippen LogP contribution >= 0.6 is 24.0 Å². The van der Waals surface area contributed by atoms with E-state index in [0.717, 1.165) is 37.2 Å². The van der Waals surface area contributed by atoms with Gasteiger partial charge in [0.15, 0.2) is 0 Å². The van der Waals surface area contributed by atoms with Crippen LogP contribution in [0.3, 0.4) is 0 Å². The first-order valence-electron chi connectivity index (χ1n) is 8.15. The van der Waals surface area contributed by atoms with Crippen LogP contribution < -0.4 is 10.1 Å². The summed E-state index contributed by atoms with van der Waals surface area (Å²) in [5.41, 5.74) is 1.05. The van der Waals surface area contributed by atoms with Crippen LogP contribution in [0.15, 0.2) is 18.2 Å². The maximum absolute atomic E-state index is 12.9. The van der Waals surface area contributed by atoms with E-state index in [4.69, 9.17) is 16.3 Å². The van der Waals surface area contributed by atoms with Gasteiger partial charge in [-0.2, -0.15) is 0 Å². The maximum atomic E-state index is 12.9. The standard InChI is InChI=1S/C17H21ClN2O2.ClH/c18-13-1-4-16-11(8-13)7-12(10-22-16)17(21)20-6-5-14-2-3-15(9-20)19-14;/h1,4,8,12,14-15,19H,2-3,5-7,9-10H2;1H. The molecule has 4 nitrogen and oxygen atoms in total. The van der Waals surface area contributed by atoms with Gasteiger partial charge in [-0.1, -0.05) is 11.6 Å². The number of amides is 1. The van der Waals surface area contributed by atoms with E-state index in [0.29, 0.717) is 23.7 Å². The summed E-state index contributed by atoms with van der Waals surface area (Å²) >= 11 is 6.06. The molecule has 6 heteroatoms. The van der Waals surface area contributed by atoms with Crippen molar-refractivity contribution in [2.24, 2.45) is 5.92 Å². The maximum Gasteiger partial charge on any atom is 0.229 e. The molecule has 0 radical (unpaired) electrons. The number of carbonyl (C=O) groups is 1. The summed E-state index contributed by atoms with van der Waals surface area (Å²) in [7, 11) is 0. The third-order valence-electron chi connectivity index (χ3n) is 5.11. The minimum Gasteiger partial charge on any atom is -0.492 e. The number of halogens is 2. The minimum atomic E-state index is -0.0809. The Bertz CT molecular complexity index is 596. The van der Waals surface area contributed by atoms with Crippen molar-refractivity contribution in [3.8, 4) is 5.75 Å². The van der Waals surface area contributed by atoms with E-state index in [1.54, 1.807) is 0 Å². The van der Waals surface area contributed by atoms with Crippen molar-refractivity contribution >= 4 is 29.9 Å². The number of benzene rings is 1. The predicted octanol–water partition coefficient (Wildman–Crippen LogP) is 2.67. The fraction of sp³-hybridized carbons (Fsp3) is 0.588. The zero-order chi connectivity index (χ0) is 15.1. The third kappa shape index (κ3) is 3.44. The normalized spacial score (nSPS) is 29.1. The zero-order valence-electron chi connectivity index (χ0n) is 13.0. The molecule has 4 rings (SSSR count). The third-order valence-corrected chi connectivity index (χ3v) is 5.35. The number of nitrogens with zero attached hydrogens (tertiary/aromatic N) is 1. The number of hydrogen-bond acceptors (Lipinski definition) is 3. The van der Waals surface area contributed by atoms with Crippen molar-refractivity contribution < 1.29 is 9.53 Å². The van der Waals surface area contributed by atoms with Gasteiger partial charge in [-0.3, -0.25) is 4.79 Å². The van der Waals surface area contributed by atoms with Gasteiger partial charge in [0, 0.05) is 30.2 Å². The van der Waals surface area contributed by atoms with Crippen molar-refractivity contribution in [3.63, 3.8) is 0 Å². The Morgan fingerprint density at radius 1 is 1.26 bits per heavy atom. The fourth-order valence-electron chi connectivity index (χ4n) is 3.92. The molecule has 3 atom stereocenters. The first kappa shape index (κ1) is 16.9. The molecule has 0 aliphatic carbocycles. The van der Waals surface area contributed by atoms with Crippen LogP contribution in [0.2, 0.25) is 5.02 Å². The van der Waals surface area contributed by atoms with Crippen LogP contribution in [-0.4, -0.2) is 42.6 Å². The quantitative estimate of drug-likeness (QED) is 0.840. The molecule has 1 amide bonds. The number of rotatable bonds is 1. The van der Waals surface area contributed by atoms with Crippen molar-refractivity contribution in [3.05, 3.63) is 28.8 Å². The highest BCUT2D eigenvalue weighted by atomic mass is 35.5. The summed E-state index contributed by atoms with van der Waals surface area (Å²) in [6.07, 6.45) is 4.24. The van der Waals surface area contributed by atoms with E-state index in [2.05, 4.69) is 5.32 Å². The average Bonchev–Trinajstić information content (AvgIpc) is 2.85. The van der Waals surface area contributed by atoms with Crippen molar-refractivity contribution in [1.29, 1.82) is 0 Å². The first-order valence-corrected chi connectivity index (χ1v) is 8.53. The number of ether oxygens (including phenoxy) is 1. The van der Waals surface area contributed by atoms with Gasteiger partial charge < -0.3 is 15.0 Å². The van der Waals surface area contributed by atoms with Crippen LogP contribution in [0.4, 0.5) is 0 Å². The molecule has 2 saturated heterocycles. The number of likely N-dealkylation sites (tertiary alicyclic amines) is 1. The van der Waals surface area contributed by atoms with Crippen molar-refractivity contribution in [1.82, 2.24) is 10.2 Å². The zero-order valence-corrected chi connectivity index (χ0v) is 14.5. The lowest BCUT2D eigenvalue weighted by Crippen LogP contribution is -2.44. The Kier molecular flexibility index (Phi) is 5.04. The second-order valence-electron chi connectivity index (χ2n) is 6.67. The van der Waals surface area contributed by atoms with Crippen LogP contribution in [-0.2, 0) is 11.2 Å². The van der Waals surface area contributed by atoms with Crippen LogP contribution in [0.5, 0.6) is 5.75 Å². The van der Waals surface area contributed by atoms with E-state index >= 15 is 0 Å². The highest BCUT2D eigenvalue weighted by Crippen LogP contribution is 2.31. The summed E-state index contributed by atoms with van der Waals surface area (Å²) in [6.45, 7) is 2.19. The summed E-state index contributed by atoms with van der Waals surface area (Å²) in [5, 5.41) is 4.32. The average molecular weight is 357 g/mol. The Morgan fingerprint density at radius 3 is 2.96 bits per heavy atom. The van der Waals surface area contributed by atoms with Crippen LogP contribution in [0.25, 0.3) is 0 Å². The molecular formula is C17H22Cl2N2O2. The van der Waals surface area contributed by atoms with Gasteiger partial charge in [0.05, 0.1) is 5.92 Å². The molecule has 3 aliphatic rings. The summed E-state index contributed by atoms with van der Waals surface area (Å²) in [5.74, 6) is 1.02. The second kappa shape index (κ2) is 6.88. The van der Waals surface area contributed by atoms with Gasteiger partial charge in [-0.05, 0) is 49.4 Å². The summed E-state index contributed by atoms with van der Waals surface area (Å²) in [4.78, 5) is 14.9. The molecule has 3 unspecified atom stereocenters. The van der Waals surface area contributed by atoms with E-state index in [-0.39, 0.29) is 24.2 Å². The molecule has 1 N–H and O–H groups in total. The van der Waals surface area contributed by atoms with Gasteiger partial charge in [0.25, 0.3) is 0 Å². The molecule has 126 valence electrons. The molecule has 0 saturated carbocycles. The lowest BCUT2D eigenvalue weighted by molar-refractivity contribution is -0.137. The van der Waals surface area contributed by atoms with Crippen molar-refractivity contribution in [2.45, 2.75) is 37.8 Å². The van der Waals surface area contributed by atoms with Crippen molar-refractivity contribution in [2.75, 3.05) is 19.7 Å². The molecular weight excluding hydrogens is 335 g/mol. The smallest absolute Gasteiger partial charge is 0.229 e. The lowest BCUT2D eigenvalue weighted by atomic mass is 9.95. The molecule has 2 bridgehead atoms. The Balaban J connectivity index is 0.00000156. The highest BCUT2D eigenvalue weighted by Gasteiger charge is 2.35. The fourth-order valence-corrected chi connectivity index (χ4v) is 4.12. The first-order chi connectivity index (χ1) is 10.7. The van der Waals surface area contributed by atoms with E-state index in [1.165, 1.54) is 12.8 Å².